The molecule has 7 rings (SSSR count). The number of alkyl carbamates (subject to hydrolysis) is 1. The molecular weight excluding hydrogens is 953 g/mol. The third kappa shape index (κ3) is 11.5. The van der Waals surface area contributed by atoms with Crippen molar-refractivity contribution in [2.45, 2.75) is 133 Å². The van der Waals surface area contributed by atoms with Gasteiger partial charge in [0.05, 0.1) is 35.9 Å². The predicted octanol–water partition coefficient (Wildman–Crippen LogP) is 0.495. The zero-order valence-electron chi connectivity index (χ0n) is 40.7. The first kappa shape index (κ1) is 54.0. The van der Waals surface area contributed by atoms with E-state index in [0.717, 1.165) is 5.56 Å². The van der Waals surface area contributed by atoms with Crippen molar-refractivity contribution in [2.24, 2.45) is 5.73 Å². The van der Waals surface area contributed by atoms with Gasteiger partial charge in [0.25, 0.3) is 0 Å². The number of nitrogens with two attached hydrogens (primary N) is 1. The minimum Gasteiger partial charge on any atom is -0.507 e. The van der Waals surface area contributed by atoms with Crippen molar-refractivity contribution in [1.82, 2.24) is 26.2 Å². The van der Waals surface area contributed by atoms with Gasteiger partial charge in [-0.05, 0) is 70.5 Å². The molecule has 2 fully saturated rings. The lowest BCUT2D eigenvalue weighted by Crippen LogP contribution is -2.59. The Morgan fingerprint density at radius 3 is 2.38 bits per heavy atom. The molecule has 2 aliphatic carbocycles. The molecule has 22 nitrogen and oxygen atoms in total. The number of phenols is 2. The fourth-order valence-electron chi connectivity index (χ4n) is 9.97. The average Bonchev–Trinajstić information content (AvgIpc) is 3.87. The molecule has 4 aliphatic rings. The SMILES string of the molecule is Cc1cccc2c1C(=O)c1c(O)c3c(c(O)c1C2=O)C[C@@](O)(C(=O)CO)C[C@@H]3OC1CC(NC(=O)[C@@H]2CCCN2C(=O)CNC(=O)[C@H](C)NC(=O)[C@H](CCCCN)NC(=O)OCc2ccccc2)C(O)C(C)O1. The molecule has 3 aromatic carbocycles. The fourth-order valence-corrected chi connectivity index (χ4v) is 9.97. The zero-order valence-corrected chi connectivity index (χ0v) is 40.7. The number of fused-ring (bicyclic) bond motifs is 3. The highest BCUT2D eigenvalue weighted by molar-refractivity contribution is 6.31. The monoisotopic (exact) mass is 1010 g/mol. The molecule has 11 N–H and O–H groups in total. The van der Waals surface area contributed by atoms with Crippen LogP contribution in [-0.2, 0) is 51.2 Å². The number of ketones is 3. The lowest BCUT2D eigenvalue weighted by atomic mass is 9.71. The smallest absolute Gasteiger partial charge is 0.408 e. The number of unbranched alkanes of at least 4 members (excludes halogenated alkanes) is 1. The van der Waals surface area contributed by atoms with Crippen molar-refractivity contribution in [3.8, 4) is 11.5 Å². The third-order valence-corrected chi connectivity index (χ3v) is 13.9. The number of carbonyl (C=O) groups is 8. The van der Waals surface area contributed by atoms with Crippen LogP contribution in [0.5, 0.6) is 11.5 Å². The summed E-state index contributed by atoms with van der Waals surface area (Å²) in [5, 5.41) is 66.7. The Kier molecular flexibility index (Phi) is 17.0. The predicted molar refractivity (Wildman–Crippen MR) is 256 cm³/mol. The molecule has 0 spiro atoms. The summed E-state index contributed by atoms with van der Waals surface area (Å²) in [4.78, 5) is 109. The summed E-state index contributed by atoms with van der Waals surface area (Å²) in [6.45, 7) is 3.33. The molecule has 22 heteroatoms. The lowest BCUT2D eigenvalue weighted by Gasteiger charge is -2.43. The highest BCUT2D eigenvalue weighted by Crippen LogP contribution is 2.52. The number of hydrogen-bond acceptors (Lipinski definition) is 17. The van der Waals surface area contributed by atoms with Gasteiger partial charge in [-0.25, -0.2) is 4.79 Å². The summed E-state index contributed by atoms with van der Waals surface area (Å²) in [6, 6.07) is 9.17. The Bertz CT molecular complexity index is 2650. The maximum absolute atomic E-state index is 14.0. The summed E-state index contributed by atoms with van der Waals surface area (Å²) in [5.74, 6) is -6.75. The summed E-state index contributed by atoms with van der Waals surface area (Å²) in [5.41, 5.74) is 2.87. The van der Waals surface area contributed by atoms with Gasteiger partial charge in [-0.2, -0.15) is 0 Å². The normalized spacial score (nSPS) is 24.0. The van der Waals surface area contributed by atoms with E-state index in [1.54, 1.807) is 43.3 Å². The van der Waals surface area contributed by atoms with E-state index in [2.05, 4.69) is 21.3 Å². The van der Waals surface area contributed by atoms with Crippen molar-refractivity contribution < 1.29 is 78.1 Å². The van der Waals surface area contributed by atoms with Crippen LogP contribution in [0.1, 0.15) is 119 Å². The van der Waals surface area contributed by atoms with Gasteiger partial charge in [-0.1, -0.05) is 48.5 Å². The minimum absolute atomic E-state index is 0.0176. The number of nitrogens with one attached hydrogen (secondary N) is 4. The molecule has 3 aromatic rings. The number of likely N-dealkylation sites (tertiary alicyclic amines) is 1. The number of Topliss-reactive ketones (excluding diaryl/α,β-unsaturated/α-hetero) is 1. The van der Waals surface area contributed by atoms with Crippen molar-refractivity contribution in [2.75, 3.05) is 26.2 Å². The number of aryl methyl sites for hydroxylation is 1. The van der Waals surface area contributed by atoms with E-state index < -0.39 is 150 Å². The largest absolute Gasteiger partial charge is 0.507 e. The molecule has 2 saturated heterocycles. The van der Waals surface area contributed by atoms with E-state index in [1.807, 2.05) is 6.07 Å². The van der Waals surface area contributed by atoms with E-state index >= 15 is 0 Å². The standard InChI is InChI=1S/C51H62N6O16/c1-25-11-9-14-29-38(25)45(64)41-40(43(29)62)44(63)30-20-51(70,35(59)23-58)21-34(39(30)46(41)65)73-37-19-32(42(61)27(3)72-37)55-49(68)33-16-10-18-57(33)36(60)22-53-47(66)26(2)54-48(67)31(15-7-8-17-52)56-50(69)71-24-28-12-5-4-6-13-28/h4-6,9,11-14,26-27,31-34,37,42,58,61,63,65,70H,7-8,10,15-24,52H2,1-3H3,(H,53,66)(H,54,67)(H,55,68)(H,56,69)/t26-,27?,31-,32?,33-,34-,37?,42?,51-/m0/s1. The number of phenolic OH excluding ortho intramolecular Hbond substituents is 2. The van der Waals surface area contributed by atoms with Crippen LogP contribution in [0.15, 0.2) is 48.5 Å². The zero-order chi connectivity index (χ0) is 52.9. The van der Waals surface area contributed by atoms with Gasteiger partial charge in [0, 0.05) is 48.1 Å². The van der Waals surface area contributed by atoms with Gasteiger partial charge >= 0.3 is 6.09 Å². The first-order valence-electron chi connectivity index (χ1n) is 24.3. The Balaban J connectivity index is 0.990. The second-order valence-electron chi connectivity index (χ2n) is 19.0. The van der Waals surface area contributed by atoms with Gasteiger partial charge in [0.2, 0.25) is 23.6 Å². The molecule has 392 valence electrons. The number of hydrogen-bond donors (Lipinski definition) is 10. The van der Waals surface area contributed by atoms with Crippen LogP contribution in [0.25, 0.3) is 0 Å². The van der Waals surface area contributed by atoms with Gasteiger partial charge in [-0.3, -0.25) is 33.6 Å². The molecule has 2 heterocycles. The number of benzene rings is 3. The summed E-state index contributed by atoms with van der Waals surface area (Å²) < 4.78 is 17.5. The highest BCUT2D eigenvalue weighted by atomic mass is 16.7. The van der Waals surface area contributed by atoms with Crippen molar-refractivity contribution in [3.05, 3.63) is 93.0 Å². The molecule has 0 aromatic heterocycles. The Morgan fingerprint density at radius 2 is 1.67 bits per heavy atom. The molecule has 0 bridgehead atoms. The molecule has 0 saturated carbocycles. The molecule has 5 amide bonds. The second kappa shape index (κ2) is 22.9. The first-order valence-corrected chi connectivity index (χ1v) is 24.3. The number of nitrogens with zero attached hydrogens (tertiary/aromatic N) is 1. The molecule has 2 aliphatic heterocycles. The van der Waals surface area contributed by atoms with E-state index in [-0.39, 0.29) is 54.7 Å². The number of carbonyl (C=O) groups excluding carboxylic acids is 8. The quantitative estimate of drug-likeness (QED) is 0.0479. The lowest BCUT2D eigenvalue weighted by molar-refractivity contribution is -0.249. The van der Waals surface area contributed by atoms with Gasteiger partial charge in [0.1, 0.15) is 54.5 Å². The van der Waals surface area contributed by atoms with Gasteiger partial charge < -0.3 is 71.6 Å². The maximum Gasteiger partial charge on any atom is 0.408 e. The van der Waals surface area contributed by atoms with Gasteiger partial charge in [-0.15, -0.1) is 0 Å². The van der Waals surface area contributed by atoms with Crippen molar-refractivity contribution in [3.63, 3.8) is 0 Å². The van der Waals surface area contributed by atoms with Crippen LogP contribution in [0.2, 0.25) is 0 Å². The maximum atomic E-state index is 14.0. The average molecular weight is 1020 g/mol. The molecule has 0 radical (unpaired) electrons. The molecule has 4 unspecified atom stereocenters. The van der Waals surface area contributed by atoms with Crippen molar-refractivity contribution in [1.29, 1.82) is 0 Å². The molecule has 9 atom stereocenters. The summed E-state index contributed by atoms with van der Waals surface area (Å²) in [7, 11) is 0. The molecular formula is C51H62N6O16. The van der Waals surface area contributed by atoms with E-state index in [1.165, 1.54) is 24.8 Å². The number of rotatable bonds is 18. The van der Waals surface area contributed by atoms with Crippen LogP contribution < -0.4 is 27.0 Å². The van der Waals surface area contributed by atoms with Gasteiger partial charge in [0.15, 0.2) is 23.6 Å². The van der Waals surface area contributed by atoms with Crippen LogP contribution in [0.3, 0.4) is 0 Å². The van der Waals surface area contributed by atoms with Crippen molar-refractivity contribution >= 4 is 47.1 Å². The Hall–Kier alpha value is -6.82. The van der Waals surface area contributed by atoms with Crippen LogP contribution in [0.4, 0.5) is 4.79 Å². The molecule has 73 heavy (non-hydrogen) atoms. The number of ether oxygens (including phenoxy) is 3. The second-order valence-corrected chi connectivity index (χ2v) is 19.0. The summed E-state index contributed by atoms with van der Waals surface area (Å²) in [6.07, 6.45) is -5.70. The number of aliphatic hydroxyl groups is 3. The Morgan fingerprint density at radius 1 is 0.945 bits per heavy atom. The Labute approximate surface area is 419 Å². The minimum atomic E-state index is -2.40. The first-order chi connectivity index (χ1) is 34.8. The number of aromatic hydroxyl groups is 2. The van der Waals surface area contributed by atoms with E-state index in [0.29, 0.717) is 31.4 Å². The van der Waals surface area contributed by atoms with Crippen LogP contribution >= 0.6 is 0 Å². The summed E-state index contributed by atoms with van der Waals surface area (Å²) >= 11 is 0. The van der Waals surface area contributed by atoms with Crippen LogP contribution in [-0.4, -0.2) is 152 Å². The topological polar surface area (TPSA) is 343 Å². The third-order valence-electron chi connectivity index (χ3n) is 13.9. The highest BCUT2D eigenvalue weighted by Gasteiger charge is 2.50. The van der Waals surface area contributed by atoms with Crippen LogP contribution in [0, 0.1) is 6.92 Å². The fraction of sp³-hybridized carbons (Fsp3) is 0.490. The van der Waals surface area contributed by atoms with E-state index in [4.69, 9.17) is 19.9 Å². The number of aliphatic hydroxyl groups excluding tert-OH is 2. The number of amides is 5. The van der Waals surface area contributed by atoms with E-state index in [9.17, 15) is 63.9 Å².